The van der Waals surface area contributed by atoms with Crippen LogP contribution in [0.3, 0.4) is 0 Å². The number of Topliss-reactive ketones (excluding diaryl/α,β-unsaturated/α-hetero) is 2. The van der Waals surface area contributed by atoms with E-state index in [0.717, 1.165) is 6.04 Å². The lowest BCUT2D eigenvalue weighted by atomic mass is 9.92. The van der Waals surface area contributed by atoms with Gasteiger partial charge in [-0.05, 0) is 31.4 Å². The summed E-state index contributed by atoms with van der Waals surface area (Å²) >= 11 is 6.25. The van der Waals surface area contributed by atoms with Gasteiger partial charge in [-0.1, -0.05) is 40.8 Å². The van der Waals surface area contributed by atoms with E-state index in [9.17, 15) is 9.59 Å². The molecule has 0 aromatic rings. The zero-order valence-corrected chi connectivity index (χ0v) is 17.6. The first-order valence-electron chi connectivity index (χ1n) is 8.43. The van der Waals surface area contributed by atoms with Gasteiger partial charge < -0.3 is 0 Å². The normalized spacial score (nSPS) is 14.8. The van der Waals surface area contributed by atoms with Gasteiger partial charge in [0.15, 0.2) is 0 Å². The van der Waals surface area contributed by atoms with Crippen molar-refractivity contribution in [1.29, 1.82) is 0 Å². The Morgan fingerprint density at radius 3 is 1.95 bits per heavy atom. The molecule has 0 rings (SSSR count). The Bertz CT molecular complexity index is 389. The van der Waals surface area contributed by atoms with Crippen molar-refractivity contribution in [2.45, 2.75) is 96.3 Å². The maximum atomic E-state index is 12.7. The molecule has 0 bridgehead atoms. The third-order valence-electron chi connectivity index (χ3n) is 5.00. The Morgan fingerprint density at radius 1 is 1.09 bits per heavy atom. The molecule has 130 valence electrons. The second-order valence-corrected chi connectivity index (χ2v) is 15.5. The number of carbonyl (C=O) groups is 2. The average Bonchev–Trinajstić information content (AvgIpc) is 2.30. The van der Waals surface area contributed by atoms with Crippen LogP contribution in [-0.2, 0) is 9.59 Å². The summed E-state index contributed by atoms with van der Waals surface area (Å²) in [7, 11) is -1.56. The van der Waals surface area contributed by atoms with Crippen molar-refractivity contribution in [2.75, 3.05) is 0 Å². The van der Waals surface area contributed by atoms with Crippen LogP contribution in [-0.4, -0.2) is 24.5 Å². The van der Waals surface area contributed by atoms with Gasteiger partial charge in [0.25, 0.3) is 0 Å². The van der Waals surface area contributed by atoms with E-state index in [4.69, 9.17) is 11.6 Å². The van der Waals surface area contributed by atoms with Crippen molar-refractivity contribution < 1.29 is 9.59 Å². The standard InChI is InChI=1S/C18H35ClO2Si/c1-9-15(20)11-10-14(16(21)12-18(5,6)19)13-22(7,8)17(2,3)4/h14H,9-13H2,1-8H3. The highest BCUT2D eigenvalue weighted by atomic mass is 35.5. The van der Waals surface area contributed by atoms with Gasteiger partial charge in [-0.3, -0.25) is 9.59 Å². The quantitative estimate of drug-likeness (QED) is 0.387. The summed E-state index contributed by atoms with van der Waals surface area (Å²) in [6.45, 7) is 17.1. The van der Waals surface area contributed by atoms with Crippen LogP contribution in [0, 0.1) is 5.92 Å². The summed E-state index contributed by atoms with van der Waals surface area (Å²) in [5.41, 5.74) is 0. The topological polar surface area (TPSA) is 34.1 Å². The van der Waals surface area contributed by atoms with Gasteiger partial charge in [0.2, 0.25) is 0 Å². The predicted molar refractivity (Wildman–Crippen MR) is 99.6 cm³/mol. The molecule has 0 aliphatic heterocycles. The van der Waals surface area contributed by atoms with Gasteiger partial charge >= 0.3 is 0 Å². The molecule has 0 heterocycles. The summed E-state index contributed by atoms with van der Waals surface area (Å²) in [6, 6.07) is 0.944. The van der Waals surface area contributed by atoms with Crippen molar-refractivity contribution in [1.82, 2.24) is 0 Å². The fourth-order valence-corrected chi connectivity index (χ4v) is 4.78. The molecular weight excluding hydrogens is 312 g/mol. The molecule has 0 fully saturated rings. The largest absolute Gasteiger partial charge is 0.300 e. The fourth-order valence-electron chi connectivity index (χ4n) is 2.37. The molecule has 0 aliphatic rings. The van der Waals surface area contributed by atoms with E-state index in [1.807, 2.05) is 20.8 Å². The molecule has 0 aromatic carbocycles. The molecule has 0 saturated heterocycles. The number of carbonyl (C=O) groups excluding carboxylic acids is 2. The number of alkyl halides is 1. The summed E-state index contributed by atoms with van der Waals surface area (Å²) in [6.07, 6.45) is 2.14. The third-order valence-corrected chi connectivity index (χ3v) is 10.7. The van der Waals surface area contributed by atoms with E-state index >= 15 is 0 Å². The SMILES string of the molecule is CCC(=O)CCC(C[Si](C)(C)C(C)(C)C)C(=O)CC(C)(C)Cl. The Morgan fingerprint density at radius 2 is 1.59 bits per heavy atom. The number of hydrogen-bond donors (Lipinski definition) is 0. The van der Waals surface area contributed by atoms with E-state index in [-0.39, 0.29) is 22.5 Å². The van der Waals surface area contributed by atoms with Gasteiger partial charge in [-0.25, -0.2) is 0 Å². The average molecular weight is 347 g/mol. The highest BCUT2D eigenvalue weighted by Crippen LogP contribution is 2.42. The molecule has 0 spiro atoms. The van der Waals surface area contributed by atoms with Crippen molar-refractivity contribution >= 4 is 31.2 Å². The lowest BCUT2D eigenvalue weighted by Crippen LogP contribution is -2.41. The maximum absolute atomic E-state index is 12.7. The molecule has 0 amide bonds. The number of hydrogen-bond acceptors (Lipinski definition) is 2. The van der Waals surface area contributed by atoms with E-state index in [1.165, 1.54) is 0 Å². The van der Waals surface area contributed by atoms with Crippen LogP contribution < -0.4 is 0 Å². The van der Waals surface area contributed by atoms with Crippen molar-refractivity contribution in [2.24, 2.45) is 5.92 Å². The van der Waals surface area contributed by atoms with Crippen LogP contribution >= 0.6 is 11.6 Å². The van der Waals surface area contributed by atoms with E-state index in [1.54, 1.807) is 0 Å². The van der Waals surface area contributed by atoms with Crippen molar-refractivity contribution in [3.05, 3.63) is 0 Å². The summed E-state index contributed by atoms with van der Waals surface area (Å²) in [5, 5.41) is 0.247. The zero-order valence-electron chi connectivity index (χ0n) is 15.8. The molecule has 0 radical (unpaired) electrons. The first-order valence-corrected chi connectivity index (χ1v) is 12.0. The highest BCUT2D eigenvalue weighted by Gasteiger charge is 2.39. The molecule has 22 heavy (non-hydrogen) atoms. The molecule has 2 nitrogen and oxygen atoms in total. The zero-order chi connectivity index (χ0) is 17.8. The van der Waals surface area contributed by atoms with Crippen LogP contribution in [0.1, 0.15) is 67.2 Å². The molecular formula is C18H35ClO2Si. The van der Waals surface area contributed by atoms with E-state index in [2.05, 4.69) is 33.9 Å². The predicted octanol–water partition coefficient (Wildman–Crippen LogP) is 5.85. The molecule has 0 N–H and O–H groups in total. The van der Waals surface area contributed by atoms with Gasteiger partial charge in [-0.2, -0.15) is 0 Å². The van der Waals surface area contributed by atoms with Crippen LogP contribution in [0.2, 0.25) is 24.2 Å². The van der Waals surface area contributed by atoms with Gasteiger partial charge in [0.05, 0.1) is 8.07 Å². The van der Waals surface area contributed by atoms with Crippen molar-refractivity contribution in [3.63, 3.8) is 0 Å². The Kier molecular flexibility index (Phi) is 8.04. The smallest absolute Gasteiger partial charge is 0.137 e. The molecule has 1 atom stereocenters. The van der Waals surface area contributed by atoms with E-state index in [0.29, 0.717) is 25.7 Å². The van der Waals surface area contributed by atoms with Crippen LogP contribution in [0.4, 0.5) is 0 Å². The summed E-state index contributed by atoms with van der Waals surface area (Å²) in [5.74, 6) is 0.460. The van der Waals surface area contributed by atoms with Crippen LogP contribution in [0.5, 0.6) is 0 Å². The van der Waals surface area contributed by atoms with Crippen LogP contribution in [0.25, 0.3) is 0 Å². The lowest BCUT2D eigenvalue weighted by molar-refractivity contribution is -0.123. The first-order chi connectivity index (χ1) is 9.69. The second kappa shape index (κ2) is 8.10. The molecule has 0 aliphatic carbocycles. The van der Waals surface area contributed by atoms with Gasteiger partial charge in [-0.15, -0.1) is 11.6 Å². The third kappa shape index (κ3) is 7.91. The Labute approximate surface area is 143 Å². The molecule has 0 aromatic heterocycles. The summed E-state index contributed by atoms with van der Waals surface area (Å²) < 4.78 is 0. The van der Waals surface area contributed by atoms with E-state index < -0.39 is 12.9 Å². The first kappa shape index (κ1) is 21.8. The highest BCUT2D eigenvalue weighted by molar-refractivity contribution is 6.80. The number of halogens is 1. The second-order valence-electron chi connectivity index (χ2n) is 8.83. The van der Waals surface area contributed by atoms with Gasteiger partial charge in [0, 0.05) is 30.1 Å². The Balaban J connectivity index is 5.09. The molecule has 0 saturated carbocycles. The molecule has 4 heteroatoms. The minimum atomic E-state index is -1.56. The van der Waals surface area contributed by atoms with Gasteiger partial charge in [0.1, 0.15) is 11.6 Å². The number of rotatable bonds is 9. The maximum Gasteiger partial charge on any atom is 0.137 e. The van der Waals surface area contributed by atoms with Crippen molar-refractivity contribution in [3.8, 4) is 0 Å². The minimum absolute atomic E-state index is 0.0191. The summed E-state index contributed by atoms with van der Waals surface area (Å²) in [4.78, 5) is 23.8. The Hall–Kier alpha value is -0.153. The van der Waals surface area contributed by atoms with Crippen LogP contribution in [0.15, 0.2) is 0 Å². The number of ketones is 2. The molecule has 1 unspecified atom stereocenters. The fraction of sp³-hybridized carbons (Fsp3) is 0.889. The lowest BCUT2D eigenvalue weighted by Gasteiger charge is -2.39. The monoisotopic (exact) mass is 346 g/mol. The minimum Gasteiger partial charge on any atom is -0.300 e.